The van der Waals surface area contributed by atoms with E-state index < -0.39 is 0 Å². The highest BCUT2D eigenvalue weighted by atomic mass is 32.2. The van der Waals surface area contributed by atoms with Crippen molar-refractivity contribution in [2.24, 2.45) is 0 Å². The molecule has 20 heavy (non-hydrogen) atoms. The van der Waals surface area contributed by atoms with Gasteiger partial charge in [0.25, 0.3) is 0 Å². The van der Waals surface area contributed by atoms with Gasteiger partial charge in [-0.3, -0.25) is 4.57 Å². The zero-order chi connectivity index (χ0) is 13.8. The number of rotatable bonds is 4. The molecular weight excluding hydrogens is 272 g/mol. The Balaban J connectivity index is 1.96. The van der Waals surface area contributed by atoms with Crippen molar-refractivity contribution >= 4 is 17.7 Å². The maximum Gasteiger partial charge on any atom is 0.240 e. The third kappa shape index (κ3) is 2.77. The minimum absolute atomic E-state index is 0.530. The number of hydrogen-bond acceptors (Lipinski definition) is 6. The number of nitrogens with zero attached hydrogens (tertiary/aromatic N) is 5. The van der Waals surface area contributed by atoms with Gasteiger partial charge in [-0.05, 0) is 23.9 Å². The Bertz CT molecular complexity index is 683. The second kappa shape index (κ2) is 5.70. The second-order valence-corrected chi connectivity index (χ2v) is 4.92. The molecule has 0 spiro atoms. The van der Waals surface area contributed by atoms with E-state index in [1.165, 1.54) is 11.8 Å². The Hall–Kier alpha value is -2.41. The molecule has 0 radical (unpaired) electrons. The van der Waals surface area contributed by atoms with Gasteiger partial charge in [0.2, 0.25) is 11.9 Å². The number of anilines is 1. The fourth-order valence-corrected chi connectivity index (χ4v) is 2.35. The van der Waals surface area contributed by atoms with Gasteiger partial charge < -0.3 is 5.32 Å². The lowest BCUT2D eigenvalue weighted by atomic mass is 10.4. The van der Waals surface area contributed by atoms with Crippen LogP contribution in [0.1, 0.15) is 0 Å². The summed E-state index contributed by atoms with van der Waals surface area (Å²) in [4.78, 5) is 18.2. The summed E-state index contributed by atoms with van der Waals surface area (Å²) in [5, 5.41) is 3.58. The van der Waals surface area contributed by atoms with Crippen LogP contribution in [-0.4, -0.2) is 31.6 Å². The van der Waals surface area contributed by atoms with Crippen molar-refractivity contribution in [3.8, 4) is 5.95 Å². The fourth-order valence-electron chi connectivity index (χ4n) is 1.59. The van der Waals surface area contributed by atoms with Crippen LogP contribution in [0, 0.1) is 0 Å². The van der Waals surface area contributed by atoms with Crippen molar-refractivity contribution in [3.05, 3.63) is 49.1 Å². The lowest BCUT2D eigenvalue weighted by Crippen LogP contribution is -2.06. The monoisotopic (exact) mass is 284 g/mol. The van der Waals surface area contributed by atoms with Crippen LogP contribution in [-0.2, 0) is 0 Å². The van der Waals surface area contributed by atoms with Crippen molar-refractivity contribution in [1.29, 1.82) is 0 Å². The average Bonchev–Trinajstić information content (AvgIpc) is 3.02. The zero-order valence-electron chi connectivity index (χ0n) is 10.8. The van der Waals surface area contributed by atoms with Gasteiger partial charge in [-0.25, -0.2) is 4.98 Å². The summed E-state index contributed by atoms with van der Waals surface area (Å²) in [7, 11) is 1.78. The van der Waals surface area contributed by atoms with Crippen molar-refractivity contribution in [3.63, 3.8) is 0 Å². The lowest BCUT2D eigenvalue weighted by Gasteiger charge is -2.06. The third-order valence-electron chi connectivity index (χ3n) is 2.51. The molecule has 2 aromatic heterocycles. The standard InChI is InChI=1S/C13H12N6S/c1-14-11-16-12(19-8-7-15-9-19)18-13(17-11)20-10-5-3-2-4-6-10/h2-9H,1H3,(H,14,16,17,18). The van der Waals surface area contributed by atoms with Crippen LogP contribution in [0.25, 0.3) is 5.95 Å². The van der Waals surface area contributed by atoms with Gasteiger partial charge in [-0.1, -0.05) is 18.2 Å². The van der Waals surface area contributed by atoms with E-state index in [0.29, 0.717) is 17.1 Å². The number of benzene rings is 1. The molecule has 100 valence electrons. The molecule has 0 aliphatic carbocycles. The smallest absolute Gasteiger partial charge is 0.240 e. The predicted molar refractivity (Wildman–Crippen MR) is 77.1 cm³/mol. The van der Waals surface area contributed by atoms with E-state index in [1.807, 2.05) is 30.3 Å². The summed E-state index contributed by atoms with van der Waals surface area (Å²) in [5.74, 6) is 1.07. The number of imidazole rings is 1. The number of aromatic nitrogens is 5. The second-order valence-electron chi connectivity index (χ2n) is 3.88. The Morgan fingerprint density at radius 3 is 2.65 bits per heavy atom. The Kier molecular flexibility index (Phi) is 3.60. The summed E-state index contributed by atoms with van der Waals surface area (Å²) in [6.07, 6.45) is 5.14. The van der Waals surface area contributed by atoms with Gasteiger partial charge in [0, 0.05) is 24.3 Å². The summed E-state index contributed by atoms with van der Waals surface area (Å²) in [6, 6.07) is 9.99. The van der Waals surface area contributed by atoms with E-state index >= 15 is 0 Å². The minimum atomic E-state index is 0.530. The van der Waals surface area contributed by atoms with E-state index in [-0.39, 0.29) is 0 Å². The highest BCUT2D eigenvalue weighted by molar-refractivity contribution is 7.99. The highest BCUT2D eigenvalue weighted by Crippen LogP contribution is 2.25. The van der Waals surface area contributed by atoms with E-state index in [0.717, 1.165) is 4.90 Å². The molecule has 0 amide bonds. The summed E-state index contributed by atoms with van der Waals surface area (Å²) >= 11 is 1.49. The van der Waals surface area contributed by atoms with Crippen molar-refractivity contribution in [2.45, 2.75) is 10.1 Å². The van der Waals surface area contributed by atoms with E-state index in [2.05, 4.69) is 25.3 Å². The SMILES string of the molecule is CNc1nc(Sc2ccccc2)nc(-n2ccnc2)n1. The number of nitrogens with one attached hydrogen (secondary N) is 1. The molecule has 0 fully saturated rings. The van der Waals surface area contributed by atoms with Crippen LogP contribution in [0.5, 0.6) is 0 Å². The molecule has 6 nitrogen and oxygen atoms in total. The quantitative estimate of drug-likeness (QED) is 0.792. The molecule has 0 aliphatic heterocycles. The zero-order valence-corrected chi connectivity index (χ0v) is 11.6. The first-order valence-corrected chi connectivity index (χ1v) is 6.82. The van der Waals surface area contributed by atoms with E-state index in [4.69, 9.17) is 0 Å². The maximum absolute atomic E-state index is 4.44. The largest absolute Gasteiger partial charge is 0.357 e. The van der Waals surface area contributed by atoms with Crippen molar-refractivity contribution in [1.82, 2.24) is 24.5 Å². The third-order valence-corrected chi connectivity index (χ3v) is 3.39. The Morgan fingerprint density at radius 1 is 1.10 bits per heavy atom. The van der Waals surface area contributed by atoms with Crippen LogP contribution in [0.4, 0.5) is 5.95 Å². The summed E-state index contributed by atoms with van der Waals surface area (Å²) < 4.78 is 1.75. The molecule has 0 saturated heterocycles. The molecular formula is C13H12N6S. The molecule has 1 N–H and O–H groups in total. The normalized spacial score (nSPS) is 10.4. The van der Waals surface area contributed by atoms with Crippen LogP contribution in [0.15, 0.2) is 59.1 Å². The highest BCUT2D eigenvalue weighted by Gasteiger charge is 2.08. The van der Waals surface area contributed by atoms with Gasteiger partial charge in [-0.2, -0.15) is 15.0 Å². The van der Waals surface area contributed by atoms with Crippen LogP contribution >= 0.6 is 11.8 Å². The van der Waals surface area contributed by atoms with Crippen molar-refractivity contribution < 1.29 is 0 Å². The van der Waals surface area contributed by atoms with Crippen LogP contribution < -0.4 is 5.32 Å². The molecule has 0 saturated carbocycles. The summed E-state index contributed by atoms with van der Waals surface area (Å²) in [6.45, 7) is 0. The lowest BCUT2D eigenvalue weighted by molar-refractivity contribution is 0.828. The molecule has 0 bridgehead atoms. The first-order valence-electron chi connectivity index (χ1n) is 6.00. The molecule has 3 aromatic rings. The molecule has 0 aliphatic rings. The van der Waals surface area contributed by atoms with Gasteiger partial charge in [-0.15, -0.1) is 0 Å². The van der Waals surface area contributed by atoms with E-state index in [1.54, 1.807) is 30.3 Å². The molecule has 0 unspecified atom stereocenters. The topological polar surface area (TPSA) is 68.5 Å². The predicted octanol–water partition coefficient (Wildman–Crippen LogP) is 2.25. The van der Waals surface area contributed by atoms with Gasteiger partial charge >= 0.3 is 0 Å². The average molecular weight is 284 g/mol. The van der Waals surface area contributed by atoms with Gasteiger partial charge in [0.1, 0.15) is 6.33 Å². The minimum Gasteiger partial charge on any atom is -0.357 e. The van der Waals surface area contributed by atoms with Crippen LogP contribution in [0.2, 0.25) is 0 Å². The van der Waals surface area contributed by atoms with Gasteiger partial charge in [0.15, 0.2) is 5.16 Å². The molecule has 3 rings (SSSR count). The Labute approximate surface area is 120 Å². The molecule has 1 aromatic carbocycles. The molecule has 0 atom stereocenters. The maximum atomic E-state index is 4.44. The first kappa shape index (κ1) is 12.6. The fraction of sp³-hybridized carbons (Fsp3) is 0.0769. The van der Waals surface area contributed by atoms with E-state index in [9.17, 15) is 0 Å². The van der Waals surface area contributed by atoms with Gasteiger partial charge in [0.05, 0.1) is 0 Å². The molecule has 2 heterocycles. The van der Waals surface area contributed by atoms with Crippen molar-refractivity contribution in [2.75, 3.05) is 12.4 Å². The Morgan fingerprint density at radius 2 is 1.95 bits per heavy atom. The first-order chi connectivity index (χ1) is 9.85. The number of hydrogen-bond donors (Lipinski definition) is 1. The summed E-state index contributed by atoms with van der Waals surface area (Å²) in [5.41, 5.74) is 0. The van der Waals surface area contributed by atoms with Crippen LogP contribution in [0.3, 0.4) is 0 Å². The molecule has 7 heteroatoms.